The van der Waals surface area contributed by atoms with Crippen LogP contribution < -0.4 is 23.8 Å². The summed E-state index contributed by atoms with van der Waals surface area (Å²) < 4.78 is 32.7. The first-order chi connectivity index (χ1) is 14.5. The Kier molecular flexibility index (Phi) is 9.10. The van der Waals surface area contributed by atoms with Crippen LogP contribution in [0.4, 0.5) is 11.4 Å². The van der Waals surface area contributed by atoms with Gasteiger partial charge in [-0.1, -0.05) is 36.4 Å². The molecule has 1 saturated carbocycles. The van der Waals surface area contributed by atoms with Crippen molar-refractivity contribution < 1.29 is 28.9 Å². The Labute approximate surface area is 187 Å². The Balaban J connectivity index is 0.000000614. The third kappa shape index (κ3) is 9.12. The van der Waals surface area contributed by atoms with Crippen LogP contribution in [0.2, 0.25) is 0 Å². The van der Waals surface area contributed by atoms with E-state index >= 15 is 0 Å². The molecule has 0 unspecified atom stereocenters. The largest absolute Gasteiger partial charge is 0.378 e. The van der Waals surface area contributed by atoms with E-state index in [-0.39, 0.29) is 0 Å². The fourth-order valence-corrected chi connectivity index (χ4v) is 3.42. The molecule has 1 aliphatic carbocycles. The molecule has 0 radical (unpaired) electrons. The second-order valence-electron chi connectivity index (χ2n) is 7.91. The fraction of sp³-hybridized carbons (Fsp3) is 0.333. The van der Waals surface area contributed by atoms with Crippen LogP contribution in [0.15, 0.2) is 59.7 Å². The molecule has 0 bridgehead atoms. The van der Waals surface area contributed by atoms with Gasteiger partial charge in [0, 0.05) is 39.6 Å². The molecular weight excluding hydrogens is 416 g/mol. The molecule has 0 aromatic heterocycles. The second-order valence-corrected chi connectivity index (χ2v) is 8.71. The summed E-state index contributed by atoms with van der Waals surface area (Å²) in [6, 6.07) is 17.7. The van der Waals surface area contributed by atoms with E-state index in [2.05, 4.69) is 98.7 Å². The molecule has 0 saturated heterocycles. The Morgan fingerprint density at radius 2 is 0.968 bits per heavy atom. The predicted octanol–water partition coefficient (Wildman–Crippen LogP) is 1.74. The molecule has 0 aliphatic heterocycles. The molecule has 1 N–H and O–H groups in total. The van der Waals surface area contributed by atoms with Gasteiger partial charge in [-0.25, -0.2) is 0 Å². The molecule has 0 amide bonds. The van der Waals surface area contributed by atoms with Gasteiger partial charge in [0.25, 0.3) is 0 Å². The van der Waals surface area contributed by atoms with Crippen molar-refractivity contribution in [2.24, 2.45) is 0 Å². The van der Waals surface area contributed by atoms with Gasteiger partial charge in [0.2, 0.25) is 0 Å². The molecule has 168 valence electrons. The lowest BCUT2D eigenvalue weighted by atomic mass is 9.87. The van der Waals surface area contributed by atoms with Crippen LogP contribution in [-0.4, -0.2) is 32.8 Å². The molecule has 0 spiro atoms. The smallest absolute Gasteiger partial charge is 0.0777 e. The van der Waals surface area contributed by atoms with Crippen LogP contribution in [-0.2, 0) is 0 Å². The molecule has 0 atom stereocenters. The lowest BCUT2D eigenvalue weighted by Crippen LogP contribution is -2.58. The van der Waals surface area contributed by atoms with Gasteiger partial charge in [0.1, 0.15) is 0 Å². The molecule has 1 fully saturated rings. The number of hydrogen-bond acceptors (Lipinski definition) is 6. The van der Waals surface area contributed by atoms with Gasteiger partial charge in [0.05, 0.1) is 14.9 Å². The lowest BCUT2D eigenvalue weighted by Gasteiger charge is -2.19. The summed E-state index contributed by atoms with van der Waals surface area (Å²) in [6.07, 6.45) is 9.68. The number of hydrogen-bond donors (Lipinski definition) is 1. The molecular formula is C24H31ClN2O4. The summed E-state index contributed by atoms with van der Waals surface area (Å²) >= 11 is 0. The molecule has 7 heteroatoms. The summed E-state index contributed by atoms with van der Waals surface area (Å²) in [7, 11) is 3.63. The molecule has 3 rings (SSSR count). The molecule has 6 nitrogen and oxygen atoms in total. The Morgan fingerprint density at radius 1 is 0.677 bits per heavy atom. The summed E-state index contributed by atoms with van der Waals surface area (Å²) in [5, 5.41) is 0. The number of benzene rings is 2. The molecule has 2 aromatic rings. The van der Waals surface area contributed by atoms with Crippen molar-refractivity contribution in [3.05, 3.63) is 70.8 Å². The second kappa shape index (κ2) is 11.3. The van der Waals surface area contributed by atoms with Gasteiger partial charge in [-0.15, -0.1) is 0 Å². The monoisotopic (exact) mass is 446 g/mol. The van der Waals surface area contributed by atoms with Crippen molar-refractivity contribution in [1.82, 2.24) is 0 Å². The SMILES string of the molecule is CN(C)c1ccc(C=C2CCCCC2=Cc2ccc(N(C)C)cc2)cc1.[O-][Cl+3]([O-])([O-])O. The zero-order valence-electron chi connectivity index (χ0n) is 18.5. The predicted molar refractivity (Wildman–Crippen MR) is 118 cm³/mol. The first-order valence-electron chi connectivity index (χ1n) is 10.1. The Hall–Kier alpha value is -2.35. The van der Waals surface area contributed by atoms with Crippen LogP contribution in [0.25, 0.3) is 12.2 Å². The average Bonchev–Trinajstić information content (AvgIpc) is 2.69. The first-order valence-corrected chi connectivity index (χ1v) is 11.4. The zero-order chi connectivity index (χ0) is 23.0. The molecule has 31 heavy (non-hydrogen) atoms. The average molecular weight is 447 g/mol. The molecule has 0 heterocycles. The highest BCUT2D eigenvalue weighted by molar-refractivity contribution is 5.68. The maximum Gasteiger partial charge on any atom is 0.0777 e. The van der Waals surface area contributed by atoms with E-state index < -0.39 is 10.2 Å². The third-order valence-corrected chi connectivity index (χ3v) is 5.06. The highest BCUT2D eigenvalue weighted by Crippen LogP contribution is 2.32. The van der Waals surface area contributed by atoms with E-state index in [1.54, 1.807) is 0 Å². The number of rotatable bonds is 4. The Morgan fingerprint density at radius 3 is 1.23 bits per heavy atom. The van der Waals surface area contributed by atoms with Crippen molar-refractivity contribution in [3.8, 4) is 0 Å². The van der Waals surface area contributed by atoms with Crippen LogP contribution in [0.5, 0.6) is 0 Å². The van der Waals surface area contributed by atoms with Crippen molar-refractivity contribution in [3.63, 3.8) is 0 Å². The highest BCUT2D eigenvalue weighted by atomic mass is 35.7. The topological polar surface area (TPSA) is 95.9 Å². The fourth-order valence-electron chi connectivity index (χ4n) is 3.42. The maximum absolute atomic E-state index is 8.60. The Bertz CT molecular complexity index is 808. The van der Waals surface area contributed by atoms with Crippen molar-refractivity contribution >= 4 is 23.5 Å². The van der Waals surface area contributed by atoms with E-state index in [1.807, 2.05) is 0 Å². The van der Waals surface area contributed by atoms with E-state index in [9.17, 15) is 0 Å². The van der Waals surface area contributed by atoms with Crippen LogP contribution >= 0.6 is 0 Å². The molecule has 1 aliphatic rings. The van der Waals surface area contributed by atoms with E-state index in [4.69, 9.17) is 18.6 Å². The van der Waals surface area contributed by atoms with E-state index in [1.165, 1.54) is 59.3 Å². The summed E-state index contributed by atoms with van der Waals surface area (Å²) in [6.45, 7) is 0. The number of nitrogens with zero attached hydrogens (tertiary/aromatic N) is 2. The molecule has 2 aromatic carbocycles. The van der Waals surface area contributed by atoms with E-state index in [0.29, 0.717) is 0 Å². The van der Waals surface area contributed by atoms with Gasteiger partial charge < -0.3 is 9.80 Å². The minimum absolute atomic E-state index is 1.18. The van der Waals surface area contributed by atoms with Crippen molar-refractivity contribution in [2.75, 3.05) is 38.0 Å². The number of anilines is 2. The normalized spacial score (nSPS) is 16.6. The quantitative estimate of drug-likeness (QED) is 0.768. The highest BCUT2D eigenvalue weighted by Gasteiger charge is 2.12. The van der Waals surface area contributed by atoms with Crippen molar-refractivity contribution in [1.29, 1.82) is 0 Å². The maximum atomic E-state index is 8.60. The lowest BCUT2D eigenvalue weighted by molar-refractivity contribution is -1.92. The van der Waals surface area contributed by atoms with Gasteiger partial charge in [-0.3, -0.25) is 0 Å². The summed E-state index contributed by atoms with van der Waals surface area (Å²) in [5.41, 5.74) is 8.05. The van der Waals surface area contributed by atoms with Crippen LogP contribution in [0.1, 0.15) is 36.8 Å². The standard InChI is InChI=1S/C24H30N2.ClHO4/c1-25(2)23-13-9-19(10-14-23)17-21-7-5-6-8-22(21)18-20-11-15-24(16-12-20)26(3)4;2-1(3,4)5/h9-18H,5-8H2,1-4H3;(H,2,3,4,5). The van der Waals surface area contributed by atoms with Gasteiger partial charge in [0.15, 0.2) is 0 Å². The van der Waals surface area contributed by atoms with Gasteiger partial charge >= 0.3 is 0 Å². The van der Waals surface area contributed by atoms with Crippen LogP contribution in [0.3, 0.4) is 0 Å². The minimum Gasteiger partial charge on any atom is -0.378 e. The van der Waals surface area contributed by atoms with Gasteiger partial charge in [-0.05, 0) is 72.2 Å². The van der Waals surface area contributed by atoms with Crippen LogP contribution in [0, 0.1) is 10.2 Å². The van der Waals surface area contributed by atoms with Crippen molar-refractivity contribution in [2.45, 2.75) is 25.7 Å². The summed E-state index contributed by atoms with van der Waals surface area (Å²) in [4.78, 5) is 4.28. The number of halogens is 1. The number of allylic oxidation sites excluding steroid dienone is 2. The summed E-state index contributed by atoms with van der Waals surface area (Å²) in [5.74, 6) is 0. The first kappa shape index (κ1) is 24.9. The zero-order valence-corrected chi connectivity index (χ0v) is 19.3. The van der Waals surface area contributed by atoms with Gasteiger partial charge in [-0.2, -0.15) is 14.0 Å². The third-order valence-electron chi connectivity index (χ3n) is 5.06. The van der Waals surface area contributed by atoms with E-state index in [0.717, 1.165) is 0 Å². The minimum atomic E-state index is -4.69.